The first kappa shape index (κ1) is 26.1. The zero-order valence-corrected chi connectivity index (χ0v) is 17.4. The number of hydrogen-bond acceptors (Lipinski definition) is 10. The normalized spacial score (nSPS) is 30.6. The van der Waals surface area contributed by atoms with Gasteiger partial charge in [0, 0.05) is 12.3 Å². The molecule has 0 aromatic carbocycles. The number of phosphoric ester groups is 1. The Kier molecular flexibility index (Phi) is 7.60. The number of ether oxygens (including phenoxy) is 1. The van der Waals surface area contributed by atoms with Gasteiger partial charge in [-0.1, -0.05) is 0 Å². The van der Waals surface area contributed by atoms with E-state index in [1.165, 1.54) is 0 Å². The lowest BCUT2D eigenvalue weighted by molar-refractivity contribution is -0.136. The summed E-state index contributed by atoms with van der Waals surface area (Å²) in [5.74, 6) is 0. The van der Waals surface area contributed by atoms with Crippen LogP contribution in [0.2, 0.25) is 0 Å². The SMILES string of the molecule is O=c1ccn(C2OC(CF)(COP(=O)(O)OP(=O)(O)OP(=O)(O)O)C(O)C2F)c(=O)[nH]1. The number of nitrogens with zero attached hydrogens (tertiary/aromatic N) is 1. The number of hydrogen-bond donors (Lipinski definition) is 6. The summed E-state index contributed by atoms with van der Waals surface area (Å²) in [6.07, 6.45) is -6.21. The van der Waals surface area contributed by atoms with Crippen LogP contribution in [0.1, 0.15) is 6.23 Å². The minimum absolute atomic E-state index is 0.442. The molecular formula is C10H15F2N2O14P3. The van der Waals surface area contributed by atoms with E-state index in [0.717, 1.165) is 12.3 Å². The third kappa shape index (κ3) is 6.44. The number of rotatable bonds is 9. The van der Waals surface area contributed by atoms with Crippen molar-refractivity contribution in [2.45, 2.75) is 24.1 Å². The van der Waals surface area contributed by atoms with Crippen molar-refractivity contribution in [3.8, 4) is 0 Å². The molecule has 0 radical (unpaired) electrons. The van der Waals surface area contributed by atoms with Crippen LogP contribution in [-0.4, -0.2) is 65.4 Å². The lowest BCUT2D eigenvalue weighted by Crippen LogP contribution is -2.48. The number of aliphatic hydroxyl groups excluding tert-OH is 1. The first-order valence-corrected chi connectivity index (χ1v) is 12.2. The quantitative estimate of drug-likeness (QED) is 0.211. The minimum Gasteiger partial charge on any atom is -0.387 e. The Morgan fingerprint density at radius 3 is 2.29 bits per heavy atom. The van der Waals surface area contributed by atoms with Gasteiger partial charge in [-0.25, -0.2) is 27.3 Å². The third-order valence-corrected chi connectivity index (χ3v) is 7.49. The number of H-pyrrole nitrogens is 1. The van der Waals surface area contributed by atoms with Gasteiger partial charge in [-0.2, -0.15) is 8.62 Å². The Balaban J connectivity index is 2.21. The van der Waals surface area contributed by atoms with Gasteiger partial charge in [0.2, 0.25) is 0 Å². The van der Waals surface area contributed by atoms with Crippen LogP contribution >= 0.6 is 23.5 Å². The lowest BCUT2D eigenvalue weighted by atomic mass is 9.98. The standard InChI is InChI=1S/C10H15F2N2O14P3/c11-3-10(4-25-30(21,22)28-31(23,24)27-29(18,19)20)7(16)6(12)8(26-10)14-2-1-5(15)13-9(14)17/h1-2,6-8,16H,3-4H2,(H,21,22)(H,23,24)(H,13,15,17)(H2,18,19,20). The fourth-order valence-electron chi connectivity index (χ4n) is 2.42. The van der Waals surface area contributed by atoms with E-state index in [4.69, 9.17) is 19.4 Å². The highest BCUT2D eigenvalue weighted by Crippen LogP contribution is 2.66. The molecule has 0 saturated carbocycles. The molecule has 1 aliphatic rings. The first-order chi connectivity index (χ1) is 14.0. The van der Waals surface area contributed by atoms with Crippen LogP contribution in [0.3, 0.4) is 0 Å². The molecule has 1 aromatic heterocycles. The van der Waals surface area contributed by atoms with Crippen molar-refractivity contribution in [2.75, 3.05) is 13.3 Å². The fourth-order valence-corrected chi connectivity index (χ4v) is 5.50. The van der Waals surface area contributed by atoms with Gasteiger partial charge in [-0.05, 0) is 0 Å². The molecule has 21 heteroatoms. The minimum atomic E-state index is -5.88. The molecule has 6 atom stereocenters. The van der Waals surface area contributed by atoms with Crippen LogP contribution in [0.25, 0.3) is 0 Å². The Morgan fingerprint density at radius 1 is 1.16 bits per heavy atom. The Labute approximate surface area is 169 Å². The summed E-state index contributed by atoms with van der Waals surface area (Å²) in [6, 6.07) is 0.783. The summed E-state index contributed by atoms with van der Waals surface area (Å²) in [6.45, 7) is -3.29. The number of phosphoric acid groups is 3. The van der Waals surface area contributed by atoms with E-state index in [-0.39, 0.29) is 0 Å². The maximum atomic E-state index is 14.5. The molecule has 178 valence electrons. The summed E-state index contributed by atoms with van der Waals surface area (Å²) in [5, 5.41) is 10.0. The van der Waals surface area contributed by atoms with Gasteiger partial charge in [-0.3, -0.25) is 18.9 Å². The number of alkyl halides is 2. The van der Waals surface area contributed by atoms with Crippen LogP contribution in [0, 0.1) is 0 Å². The number of aliphatic hydroxyl groups is 1. The van der Waals surface area contributed by atoms with E-state index in [1.54, 1.807) is 4.98 Å². The van der Waals surface area contributed by atoms with Gasteiger partial charge in [0.15, 0.2) is 18.0 Å². The number of nitrogens with one attached hydrogen (secondary N) is 1. The maximum absolute atomic E-state index is 14.5. The summed E-state index contributed by atoms with van der Waals surface area (Å²) in [5.41, 5.74) is -4.81. The van der Waals surface area contributed by atoms with Crippen molar-refractivity contribution in [1.82, 2.24) is 9.55 Å². The van der Waals surface area contributed by atoms with E-state index in [9.17, 15) is 42.1 Å². The maximum Gasteiger partial charge on any atom is 0.490 e. The monoisotopic (exact) mass is 518 g/mol. The number of aromatic nitrogens is 2. The second-order valence-electron chi connectivity index (χ2n) is 5.98. The van der Waals surface area contributed by atoms with Crippen molar-refractivity contribution < 1.29 is 65.0 Å². The molecule has 2 rings (SSSR count). The predicted octanol–water partition coefficient (Wildman–Crippen LogP) is -1.18. The first-order valence-electron chi connectivity index (χ1n) is 7.67. The molecule has 0 bridgehead atoms. The molecule has 6 unspecified atom stereocenters. The van der Waals surface area contributed by atoms with E-state index in [2.05, 4.69) is 13.1 Å². The van der Waals surface area contributed by atoms with Gasteiger partial charge in [-0.15, -0.1) is 0 Å². The van der Waals surface area contributed by atoms with Crippen LogP contribution in [0.5, 0.6) is 0 Å². The highest BCUT2D eigenvalue weighted by molar-refractivity contribution is 7.66. The second kappa shape index (κ2) is 9.02. The van der Waals surface area contributed by atoms with Crippen molar-refractivity contribution in [3.05, 3.63) is 33.1 Å². The molecule has 1 aliphatic heterocycles. The van der Waals surface area contributed by atoms with E-state index in [1.807, 2.05) is 0 Å². The van der Waals surface area contributed by atoms with Gasteiger partial charge >= 0.3 is 29.2 Å². The zero-order valence-electron chi connectivity index (χ0n) is 14.8. The molecule has 1 aromatic rings. The third-order valence-electron chi connectivity index (χ3n) is 3.71. The van der Waals surface area contributed by atoms with Crippen LogP contribution in [0.4, 0.5) is 8.78 Å². The molecule has 1 fully saturated rings. The molecule has 1 saturated heterocycles. The highest BCUT2D eigenvalue weighted by Gasteiger charge is 2.58. The van der Waals surface area contributed by atoms with Crippen LogP contribution in [0.15, 0.2) is 21.9 Å². The van der Waals surface area contributed by atoms with Crippen molar-refractivity contribution in [2.24, 2.45) is 0 Å². The average molecular weight is 518 g/mol. The van der Waals surface area contributed by atoms with Crippen molar-refractivity contribution >= 4 is 23.5 Å². The lowest BCUT2D eigenvalue weighted by Gasteiger charge is -2.29. The second-order valence-corrected chi connectivity index (χ2v) is 10.4. The molecular weight excluding hydrogens is 503 g/mol. The molecule has 16 nitrogen and oxygen atoms in total. The van der Waals surface area contributed by atoms with Crippen molar-refractivity contribution in [3.63, 3.8) is 0 Å². The van der Waals surface area contributed by atoms with E-state index in [0.29, 0.717) is 4.57 Å². The van der Waals surface area contributed by atoms with Crippen LogP contribution in [-0.2, 0) is 31.6 Å². The fraction of sp³-hybridized carbons (Fsp3) is 0.600. The molecule has 2 heterocycles. The van der Waals surface area contributed by atoms with Gasteiger partial charge < -0.3 is 29.4 Å². The summed E-state index contributed by atoms with van der Waals surface area (Å²) in [4.78, 5) is 60.0. The topological polar surface area (TPSA) is 244 Å². The molecule has 0 spiro atoms. The van der Waals surface area contributed by atoms with Gasteiger partial charge in [0.1, 0.15) is 12.8 Å². The smallest absolute Gasteiger partial charge is 0.387 e. The molecule has 0 aliphatic carbocycles. The number of halogens is 2. The largest absolute Gasteiger partial charge is 0.490 e. The van der Waals surface area contributed by atoms with Gasteiger partial charge in [0.25, 0.3) is 5.56 Å². The Morgan fingerprint density at radius 2 is 1.77 bits per heavy atom. The van der Waals surface area contributed by atoms with E-state index < -0.39 is 72.1 Å². The van der Waals surface area contributed by atoms with Gasteiger partial charge in [0.05, 0.1) is 6.61 Å². The number of aromatic amines is 1. The summed E-state index contributed by atoms with van der Waals surface area (Å²) in [7, 11) is -17.3. The molecule has 6 N–H and O–H groups in total. The molecule has 0 amide bonds. The van der Waals surface area contributed by atoms with Crippen LogP contribution < -0.4 is 11.2 Å². The summed E-state index contributed by atoms with van der Waals surface area (Å²) < 4.78 is 78.3. The van der Waals surface area contributed by atoms with Crippen molar-refractivity contribution in [1.29, 1.82) is 0 Å². The van der Waals surface area contributed by atoms with E-state index >= 15 is 0 Å². The summed E-state index contributed by atoms with van der Waals surface area (Å²) >= 11 is 0. The Hall–Kier alpha value is -1.13. The molecule has 31 heavy (non-hydrogen) atoms. The zero-order chi connectivity index (χ0) is 23.8. The average Bonchev–Trinajstić information content (AvgIpc) is 2.82. The Bertz CT molecular complexity index is 1070. The predicted molar refractivity (Wildman–Crippen MR) is 90.9 cm³/mol. The highest BCUT2D eigenvalue weighted by atomic mass is 31.3.